The molecule has 0 aromatic heterocycles. The van der Waals surface area contributed by atoms with E-state index in [2.05, 4.69) is 45.1 Å². The van der Waals surface area contributed by atoms with E-state index in [1.165, 1.54) is 0 Å². The minimum Gasteiger partial charge on any atom is -0.380 e. The quantitative estimate of drug-likeness (QED) is 0.599. The number of rotatable bonds is 8. The van der Waals surface area contributed by atoms with Crippen LogP contribution in [0.15, 0.2) is 0 Å². The third-order valence-corrected chi connectivity index (χ3v) is 2.20. The fourth-order valence-corrected chi connectivity index (χ4v) is 0.957. The van der Waals surface area contributed by atoms with E-state index >= 15 is 0 Å². The first-order chi connectivity index (χ1) is 6.54. The highest BCUT2D eigenvalue weighted by Gasteiger charge is 2.02. The molecule has 1 atom stereocenters. The van der Waals surface area contributed by atoms with Gasteiger partial charge < -0.3 is 15.0 Å². The lowest BCUT2D eigenvalue weighted by Crippen LogP contribution is -2.36. The van der Waals surface area contributed by atoms with E-state index in [4.69, 9.17) is 4.74 Å². The Kier molecular flexibility index (Phi) is 8.14. The van der Waals surface area contributed by atoms with Crippen LogP contribution in [0.4, 0.5) is 0 Å². The molecule has 0 rings (SSSR count). The van der Waals surface area contributed by atoms with Crippen LogP contribution in [0.1, 0.15) is 20.8 Å². The lowest BCUT2D eigenvalue weighted by Gasteiger charge is -2.20. The smallest absolute Gasteiger partial charge is 0.0591 e. The van der Waals surface area contributed by atoms with Gasteiger partial charge in [-0.2, -0.15) is 0 Å². The molecule has 0 aromatic rings. The van der Waals surface area contributed by atoms with Gasteiger partial charge in [0.1, 0.15) is 0 Å². The van der Waals surface area contributed by atoms with Gasteiger partial charge in [0, 0.05) is 25.7 Å². The zero-order valence-corrected chi connectivity index (χ0v) is 10.3. The van der Waals surface area contributed by atoms with E-state index < -0.39 is 0 Å². The van der Waals surface area contributed by atoms with Crippen LogP contribution in [0.25, 0.3) is 0 Å². The number of nitrogens with zero attached hydrogens (tertiary/aromatic N) is 1. The molecule has 0 aliphatic carbocycles. The number of hydrogen-bond donors (Lipinski definition) is 1. The van der Waals surface area contributed by atoms with Gasteiger partial charge in [0.05, 0.1) is 6.61 Å². The Morgan fingerprint density at radius 3 is 2.36 bits per heavy atom. The average Bonchev–Trinajstić information content (AvgIpc) is 2.09. The van der Waals surface area contributed by atoms with Crippen LogP contribution in [-0.4, -0.2) is 51.3 Å². The van der Waals surface area contributed by atoms with Crippen molar-refractivity contribution in [1.82, 2.24) is 10.2 Å². The standard InChI is InChI=1S/C11H26N2O/c1-10(2)9-14-7-6-12-8-11(3)13(4)5/h10-12H,6-9H2,1-5H3. The van der Waals surface area contributed by atoms with Gasteiger partial charge in [0.25, 0.3) is 0 Å². The molecule has 3 heteroatoms. The zero-order valence-electron chi connectivity index (χ0n) is 10.3. The van der Waals surface area contributed by atoms with Crippen molar-refractivity contribution in [3.05, 3.63) is 0 Å². The Labute approximate surface area is 88.8 Å². The number of hydrogen-bond acceptors (Lipinski definition) is 3. The summed E-state index contributed by atoms with van der Waals surface area (Å²) in [5, 5.41) is 3.37. The fraction of sp³-hybridized carbons (Fsp3) is 1.00. The third-order valence-electron chi connectivity index (χ3n) is 2.20. The van der Waals surface area contributed by atoms with Crippen molar-refractivity contribution in [2.24, 2.45) is 5.92 Å². The first-order valence-electron chi connectivity index (χ1n) is 5.49. The van der Waals surface area contributed by atoms with Crippen molar-refractivity contribution in [1.29, 1.82) is 0 Å². The maximum Gasteiger partial charge on any atom is 0.0591 e. The van der Waals surface area contributed by atoms with E-state index in [9.17, 15) is 0 Å². The maximum atomic E-state index is 5.46. The lowest BCUT2D eigenvalue weighted by molar-refractivity contribution is 0.111. The van der Waals surface area contributed by atoms with Gasteiger partial charge in [-0.15, -0.1) is 0 Å². The van der Waals surface area contributed by atoms with Gasteiger partial charge in [0.2, 0.25) is 0 Å². The summed E-state index contributed by atoms with van der Waals surface area (Å²) < 4.78 is 5.46. The third kappa shape index (κ3) is 8.48. The second kappa shape index (κ2) is 8.21. The van der Waals surface area contributed by atoms with Crippen molar-refractivity contribution in [2.45, 2.75) is 26.8 Å². The lowest BCUT2D eigenvalue weighted by atomic mass is 10.2. The van der Waals surface area contributed by atoms with Crippen LogP contribution in [0.3, 0.4) is 0 Å². The van der Waals surface area contributed by atoms with Gasteiger partial charge in [-0.3, -0.25) is 0 Å². The fourth-order valence-electron chi connectivity index (χ4n) is 0.957. The summed E-state index contributed by atoms with van der Waals surface area (Å²) in [6, 6.07) is 0.583. The highest BCUT2D eigenvalue weighted by atomic mass is 16.5. The summed E-state index contributed by atoms with van der Waals surface area (Å²) in [5.41, 5.74) is 0. The highest BCUT2D eigenvalue weighted by Crippen LogP contribution is 1.91. The van der Waals surface area contributed by atoms with Crippen molar-refractivity contribution in [3.8, 4) is 0 Å². The summed E-state index contributed by atoms with van der Waals surface area (Å²) in [7, 11) is 4.20. The molecule has 0 radical (unpaired) electrons. The summed E-state index contributed by atoms with van der Waals surface area (Å²) in [4.78, 5) is 2.21. The molecule has 0 amide bonds. The molecule has 0 saturated carbocycles. The molecule has 0 spiro atoms. The largest absolute Gasteiger partial charge is 0.380 e. The van der Waals surface area contributed by atoms with E-state index in [-0.39, 0.29) is 0 Å². The molecule has 1 unspecified atom stereocenters. The Balaban J connectivity index is 3.13. The SMILES string of the molecule is CC(C)COCCNCC(C)N(C)C. The first-order valence-corrected chi connectivity index (χ1v) is 5.49. The van der Waals surface area contributed by atoms with Crippen LogP contribution in [0.2, 0.25) is 0 Å². The highest BCUT2D eigenvalue weighted by molar-refractivity contribution is 4.62. The van der Waals surface area contributed by atoms with Crippen LogP contribution in [0, 0.1) is 5.92 Å². The summed E-state index contributed by atoms with van der Waals surface area (Å²) in [6.45, 7) is 10.2. The van der Waals surface area contributed by atoms with E-state index in [1.54, 1.807) is 0 Å². The summed E-state index contributed by atoms with van der Waals surface area (Å²) in [5.74, 6) is 0.635. The van der Waals surface area contributed by atoms with Gasteiger partial charge in [-0.1, -0.05) is 13.8 Å². The van der Waals surface area contributed by atoms with Gasteiger partial charge in [0.15, 0.2) is 0 Å². The molecule has 0 heterocycles. The molecular formula is C11H26N2O. The molecule has 0 aromatic carbocycles. The van der Waals surface area contributed by atoms with Crippen LogP contribution in [0.5, 0.6) is 0 Å². The Bertz CT molecular complexity index is 126. The van der Waals surface area contributed by atoms with Crippen LogP contribution in [-0.2, 0) is 4.74 Å². The normalized spacial score (nSPS) is 13.9. The van der Waals surface area contributed by atoms with E-state index in [0.29, 0.717) is 12.0 Å². The molecule has 0 bridgehead atoms. The average molecular weight is 202 g/mol. The second-order valence-electron chi connectivity index (χ2n) is 4.49. The van der Waals surface area contributed by atoms with E-state index in [1.807, 2.05) is 0 Å². The molecule has 3 nitrogen and oxygen atoms in total. The van der Waals surface area contributed by atoms with Gasteiger partial charge in [-0.05, 0) is 26.9 Å². The Morgan fingerprint density at radius 1 is 1.21 bits per heavy atom. The Hall–Kier alpha value is -0.120. The molecule has 0 fully saturated rings. The molecular weight excluding hydrogens is 176 g/mol. The molecule has 86 valence electrons. The van der Waals surface area contributed by atoms with Crippen molar-refractivity contribution >= 4 is 0 Å². The topological polar surface area (TPSA) is 24.5 Å². The maximum absolute atomic E-state index is 5.46. The van der Waals surface area contributed by atoms with Crippen LogP contribution >= 0.6 is 0 Å². The Morgan fingerprint density at radius 2 is 1.86 bits per heavy atom. The molecule has 14 heavy (non-hydrogen) atoms. The number of ether oxygens (including phenoxy) is 1. The van der Waals surface area contributed by atoms with Gasteiger partial charge >= 0.3 is 0 Å². The number of nitrogens with one attached hydrogen (secondary N) is 1. The summed E-state index contributed by atoms with van der Waals surface area (Å²) in [6.07, 6.45) is 0. The monoisotopic (exact) mass is 202 g/mol. The minimum atomic E-state index is 0.583. The predicted octanol–water partition coefficient (Wildman–Crippen LogP) is 1.20. The van der Waals surface area contributed by atoms with E-state index in [0.717, 1.165) is 26.3 Å². The predicted molar refractivity (Wildman–Crippen MR) is 61.7 cm³/mol. The molecule has 0 aliphatic rings. The van der Waals surface area contributed by atoms with Crippen molar-refractivity contribution < 1.29 is 4.74 Å². The molecule has 0 aliphatic heterocycles. The van der Waals surface area contributed by atoms with Crippen molar-refractivity contribution in [2.75, 3.05) is 40.4 Å². The summed E-state index contributed by atoms with van der Waals surface area (Å²) >= 11 is 0. The molecule has 0 saturated heterocycles. The zero-order chi connectivity index (χ0) is 11.0. The second-order valence-corrected chi connectivity index (χ2v) is 4.49. The van der Waals surface area contributed by atoms with Crippen LogP contribution < -0.4 is 5.32 Å². The molecule has 1 N–H and O–H groups in total. The number of likely N-dealkylation sites (N-methyl/N-ethyl adjacent to an activating group) is 1. The van der Waals surface area contributed by atoms with Crippen molar-refractivity contribution in [3.63, 3.8) is 0 Å². The first kappa shape index (κ1) is 13.9. The van der Waals surface area contributed by atoms with Gasteiger partial charge in [-0.25, -0.2) is 0 Å². The minimum absolute atomic E-state index is 0.583.